The Morgan fingerprint density at radius 1 is 1.32 bits per heavy atom. The average Bonchev–Trinajstić information content (AvgIpc) is 2.99. The van der Waals surface area contributed by atoms with Crippen LogP contribution >= 0.6 is 7.82 Å². The van der Waals surface area contributed by atoms with Gasteiger partial charge in [-0.3, -0.25) is 23.4 Å². The van der Waals surface area contributed by atoms with Gasteiger partial charge in [-0.05, 0) is 19.4 Å². The monoisotopic (exact) mass is 502 g/mol. The molecular weight excluding hydrogens is 478 g/mol. The topological polar surface area (TPSA) is 170 Å². The molecule has 186 valence electrons. The van der Waals surface area contributed by atoms with Gasteiger partial charge in [0.1, 0.15) is 30.7 Å². The van der Waals surface area contributed by atoms with Crippen molar-refractivity contribution in [2.45, 2.75) is 57.8 Å². The third-order valence-corrected chi connectivity index (χ3v) is 6.92. The van der Waals surface area contributed by atoms with Crippen molar-refractivity contribution in [2.24, 2.45) is 0 Å². The van der Waals surface area contributed by atoms with Crippen molar-refractivity contribution < 1.29 is 42.6 Å². The lowest BCUT2D eigenvalue weighted by Crippen LogP contribution is -2.43. The zero-order chi connectivity index (χ0) is 24.8. The Kier molecular flexibility index (Phi) is 6.55. The molecule has 1 fully saturated rings. The second-order valence-electron chi connectivity index (χ2n) is 8.26. The number of hydrogen-bond acceptors (Lipinski definition) is 10. The summed E-state index contributed by atoms with van der Waals surface area (Å²) in [5.74, 6) is -2.72. The average molecular weight is 502 g/mol. The van der Waals surface area contributed by atoms with Gasteiger partial charge in [-0.15, -0.1) is 0 Å². The van der Waals surface area contributed by atoms with E-state index in [1.54, 1.807) is 19.1 Å². The van der Waals surface area contributed by atoms with Crippen molar-refractivity contribution >= 4 is 7.82 Å². The van der Waals surface area contributed by atoms with Crippen LogP contribution in [0.25, 0.3) is 0 Å². The van der Waals surface area contributed by atoms with Crippen LogP contribution < -0.4 is 15.8 Å². The number of aromatic nitrogens is 2. The van der Waals surface area contributed by atoms with E-state index in [0.717, 1.165) is 16.3 Å². The Balaban J connectivity index is 1.47. The van der Waals surface area contributed by atoms with Gasteiger partial charge >= 0.3 is 13.5 Å². The van der Waals surface area contributed by atoms with E-state index in [4.69, 9.17) is 18.3 Å². The lowest BCUT2D eigenvalue weighted by molar-refractivity contribution is -0.195. The molecule has 1 saturated heterocycles. The zero-order valence-corrected chi connectivity index (χ0v) is 19.2. The summed E-state index contributed by atoms with van der Waals surface area (Å²) >= 11 is 0. The minimum absolute atomic E-state index is 0.106. The summed E-state index contributed by atoms with van der Waals surface area (Å²) in [6.45, 7) is 1.27. The normalized spacial score (nSPS) is 30.7. The van der Waals surface area contributed by atoms with E-state index in [0.29, 0.717) is 11.1 Å². The van der Waals surface area contributed by atoms with Crippen LogP contribution in [0.1, 0.15) is 22.3 Å². The number of ether oxygens (including phenoxy) is 1. The molecule has 0 saturated carbocycles. The Morgan fingerprint density at radius 3 is 2.76 bits per heavy atom. The molecule has 0 radical (unpaired) electrons. The van der Waals surface area contributed by atoms with Crippen molar-refractivity contribution in [3.05, 3.63) is 61.4 Å². The summed E-state index contributed by atoms with van der Waals surface area (Å²) < 4.78 is 50.0. The maximum atomic E-state index is 15.4. The van der Waals surface area contributed by atoms with Gasteiger partial charge in [-0.25, -0.2) is 13.8 Å². The number of nitrogens with zero attached hydrogens (tertiary/aromatic N) is 1. The van der Waals surface area contributed by atoms with Crippen molar-refractivity contribution in [2.75, 3.05) is 6.61 Å². The quantitative estimate of drug-likeness (QED) is 0.399. The van der Waals surface area contributed by atoms with E-state index < -0.39 is 63.0 Å². The lowest BCUT2D eigenvalue weighted by atomic mass is 10.1. The third kappa shape index (κ3) is 4.60. The number of aryl methyl sites for hydroxylation is 2. The highest BCUT2D eigenvalue weighted by atomic mass is 31.2. The van der Waals surface area contributed by atoms with Crippen molar-refractivity contribution in [3.8, 4) is 5.75 Å². The molecular formula is C20H24FN2O10P. The van der Waals surface area contributed by atoms with Crippen molar-refractivity contribution in [3.63, 3.8) is 0 Å². The molecule has 4 rings (SSSR count). The molecule has 0 bridgehead atoms. The molecule has 14 heteroatoms. The minimum Gasteiger partial charge on any atom is -0.403 e. The predicted molar refractivity (Wildman–Crippen MR) is 113 cm³/mol. The molecule has 5 atom stereocenters. The van der Waals surface area contributed by atoms with Crippen LogP contribution in [-0.4, -0.2) is 55.6 Å². The molecule has 2 aliphatic rings. The zero-order valence-electron chi connectivity index (χ0n) is 18.3. The van der Waals surface area contributed by atoms with Crippen LogP contribution in [0, 0.1) is 13.8 Å². The van der Waals surface area contributed by atoms with Crippen molar-refractivity contribution in [1.82, 2.24) is 9.55 Å². The van der Waals surface area contributed by atoms with Gasteiger partial charge in [-0.1, -0.05) is 17.7 Å². The number of fused-ring (bicyclic) bond motifs is 1. The maximum absolute atomic E-state index is 15.4. The number of benzene rings is 1. The van der Waals surface area contributed by atoms with Gasteiger partial charge in [-0.2, -0.15) is 0 Å². The number of halogens is 1. The van der Waals surface area contributed by atoms with Crippen LogP contribution in [0.15, 0.2) is 27.9 Å². The van der Waals surface area contributed by atoms with E-state index >= 15 is 4.39 Å². The van der Waals surface area contributed by atoms with E-state index in [1.807, 2.05) is 11.9 Å². The van der Waals surface area contributed by atoms with Crippen LogP contribution in [0.4, 0.5) is 4.39 Å². The number of phosphoric ester groups is 1. The van der Waals surface area contributed by atoms with Gasteiger partial charge in [0.05, 0.1) is 25.3 Å². The molecule has 0 aliphatic carbocycles. The number of hydrogen-bond donors (Lipinski definition) is 4. The smallest absolute Gasteiger partial charge is 0.403 e. The molecule has 3 heterocycles. The summed E-state index contributed by atoms with van der Waals surface area (Å²) in [6.07, 6.45) is -4.34. The van der Waals surface area contributed by atoms with Gasteiger partial charge in [0, 0.05) is 11.8 Å². The summed E-state index contributed by atoms with van der Waals surface area (Å²) in [5, 5.41) is 29.7. The molecule has 34 heavy (non-hydrogen) atoms. The molecule has 0 amide bonds. The second-order valence-corrected chi connectivity index (χ2v) is 9.85. The highest BCUT2D eigenvalue weighted by Crippen LogP contribution is 2.56. The number of nitrogens with one attached hydrogen (secondary N) is 1. The first kappa shape index (κ1) is 24.7. The summed E-state index contributed by atoms with van der Waals surface area (Å²) in [5.41, 5.74) is 0.436. The fourth-order valence-electron chi connectivity index (χ4n) is 3.91. The minimum atomic E-state index is -4.27. The van der Waals surface area contributed by atoms with Crippen molar-refractivity contribution in [1.29, 1.82) is 0 Å². The molecule has 2 aliphatic heterocycles. The Labute approximate surface area is 192 Å². The number of H-pyrrole nitrogens is 1. The molecule has 2 aromatic rings. The van der Waals surface area contributed by atoms with E-state index in [1.165, 1.54) is 0 Å². The molecule has 0 spiro atoms. The van der Waals surface area contributed by atoms with E-state index in [2.05, 4.69) is 0 Å². The van der Waals surface area contributed by atoms with Crippen LogP contribution in [0.2, 0.25) is 0 Å². The highest BCUT2D eigenvalue weighted by Gasteiger charge is 2.56. The highest BCUT2D eigenvalue weighted by molar-refractivity contribution is 7.49. The molecule has 12 nitrogen and oxygen atoms in total. The predicted octanol–water partition coefficient (Wildman–Crippen LogP) is 0.166. The summed E-state index contributed by atoms with van der Waals surface area (Å²) in [7, 11) is -4.27. The fraction of sp³-hybridized carbons (Fsp3) is 0.500. The van der Waals surface area contributed by atoms with E-state index in [-0.39, 0.29) is 17.9 Å². The SMILES string of the molecule is Cc1cc(C)c2c(c1)COP(=O)(OC[C@@]1(F)O[C@@H](Cn3cc(CO)c(=O)[nH]c3=O)[C@H](O)[C@@H]1O)O2. The third-order valence-electron chi connectivity index (χ3n) is 5.62. The molecule has 1 aromatic carbocycles. The van der Waals surface area contributed by atoms with Gasteiger partial charge in [0.2, 0.25) is 0 Å². The van der Waals surface area contributed by atoms with Gasteiger partial charge in [0.15, 0.2) is 0 Å². The summed E-state index contributed by atoms with van der Waals surface area (Å²) in [4.78, 5) is 25.6. The van der Waals surface area contributed by atoms with Crippen LogP contribution in [0.3, 0.4) is 0 Å². The second kappa shape index (κ2) is 9.00. The number of phosphoric acid groups is 1. The Morgan fingerprint density at radius 2 is 2.06 bits per heavy atom. The number of alkyl halides is 1. The molecule has 4 N–H and O–H groups in total. The first-order chi connectivity index (χ1) is 15.9. The number of aliphatic hydroxyl groups excluding tert-OH is 3. The van der Waals surface area contributed by atoms with Gasteiger partial charge in [0.25, 0.3) is 11.4 Å². The molecule has 1 aromatic heterocycles. The standard InChI is InChI=1S/C20H24FN2O10P/c1-10-3-11(2)16-12(4-10)8-30-34(29,33-16)31-9-20(21)17(26)15(25)14(32-20)6-23-5-13(7-24)18(27)22-19(23)28/h3-5,14-15,17,24-26H,6-9H2,1-2H3,(H,22,27,28)/t14-,15-,17-,20+,34?/m0/s1. The number of aromatic amines is 1. The number of rotatable bonds is 6. The maximum Gasteiger partial charge on any atom is 0.530 e. The lowest BCUT2D eigenvalue weighted by Gasteiger charge is -2.29. The van der Waals surface area contributed by atoms with Crippen LogP contribution in [0.5, 0.6) is 5.75 Å². The first-order valence-corrected chi connectivity index (χ1v) is 11.8. The Hall–Kier alpha value is -2.38. The van der Waals surface area contributed by atoms with Crippen LogP contribution in [-0.2, 0) is 38.1 Å². The summed E-state index contributed by atoms with van der Waals surface area (Å²) in [6, 6.07) is 3.59. The molecule has 1 unspecified atom stereocenters. The fourth-order valence-corrected chi connectivity index (χ4v) is 5.20. The first-order valence-electron chi connectivity index (χ1n) is 10.3. The Bertz CT molecular complexity index is 1260. The van der Waals surface area contributed by atoms with E-state index in [9.17, 15) is 29.5 Å². The van der Waals surface area contributed by atoms with Gasteiger partial charge < -0.3 is 24.6 Å². The number of aliphatic hydroxyl groups is 3. The largest absolute Gasteiger partial charge is 0.530 e.